The smallest absolute Gasteiger partial charge is 0.259 e. The number of aryl methyl sites for hydroxylation is 2. The number of ether oxygens (including phenoxy) is 2. The number of nitrogens with zero attached hydrogens (tertiary/aromatic N) is 2. The number of aromatic nitrogens is 2. The molecule has 0 unspecified atom stereocenters. The average molecular weight is 413 g/mol. The van der Waals surface area contributed by atoms with Crippen molar-refractivity contribution in [3.05, 3.63) is 63.4 Å². The van der Waals surface area contributed by atoms with E-state index >= 15 is 0 Å². The molecule has 2 aliphatic rings. The number of fused-ring (bicyclic) bond motifs is 6. The van der Waals surface area contributed by atoms with Crippen molar-refractivity contribution in [1.29, 1.82) is 0 Å². The van der Waals surface area contributed by atoms with Crippen LogP contribution in [0.5, 0.6) is 11.5 Å². The fourth-order valence-corrected chi connectivity index (χ4v) is 4.82. The fourth-order valence-electron chi connectivity index (χ4n) is 4.82. The van der Waals surface area contributed by atoms with Crippen molar-refractivity contribution in [3.63, 3.8) is 0 Å². The van der Waals surface area contributed by atoms with Crippen LogP contribution in [-0.4, -0.2) is 29.3 Å². The lowest BCUT2D eigenvalue weighted by atomic mass is 9.96. The Kier molecular flexibility index (Phi) is 4.05. The summed E-state index contributed by atoms with van der Waals surface area (Å²) >= 11 is 0. The normalized spacial score (nSPS) is 14.1. The third kappa shape index (κ3) is 2.75. The molecular formula is C25H23N3O3. The van der Waals surface area contributed by atoms with Crippen molar-refractivity contribution in [2.24, 2.45) is 5.73 Å². The highest BCUT2D eigenvalue weighted by molar-refractivity contribution is 5.93. The highest BCUT2D eigenvalue weighted by Gasteiger charge is 2.27. The van der Waals surface area contributed by atoms with E-state index in [0.29, 0.717) is 26.3 Å². The molecule has 0 fully saturated rings. The topological polar surface area (TPSA) is 79.4 Å². The van der Waals surface area contributed by atoms with Gasteiger partial charge in [-0.1, -0.05) is 17.7 Å². The summed E-state index contributed by atoms with van der Waals surface area (Å²) in [6.07, 6.45) is 1.70. The summed E-state index contributed by atoms with van der Waals surface area (Å²) in [5.41, 5.74) is 11.9. The minimum absolute atomic E-state index is 0.0361. The van der Waals surface area contributed by atoms with Crippen molar-refractivity contribution in [1.82, 2.24) is 9.55 Å². The van der Waals surface area contributed by atoms with E-state index in [9.17, 15) is 4.79 Å². The molecular weight excluding hydrogens is 390 g/mol. The van der Waals surface area contributed by atoms with Gasteiger partial charge in [-0.05, 0) is 55.5 Å². The molecule has 2 aromatic carbocycles. The average Bonchev–Trinajstić information content (AvgIpc) is 3.14. The van der Waals surface area contributed by atoms with Crippen LogP contribution >= 0.6 is 0 Å². The summed E-state index contributed by atoms with van der Waals surface area (Å²) in [5, 5.41) is 2.75. The van der Waals surface area contributed by atoms with Crippen molar-refractivity contribution in [2.75, 3.05) is 19.8 Å². The lowest BCUT2D eigenvalue weighted by molar-refractivity contribution is 0.172. The number of hydrogen-bond donors (Lipinski definition) is 1. The van der Waals surface area contributed by atoms with Crippen LogP contribution in [0.25, 0.3) is 33.1 Å². The Morgan fingerprint density at radius 3 is 2.68 bits per heavy atom. The molecule has 156 valence electrons. The van der Waals surface area contributed by atoms with Gasteiger partial charge in [-0.2, -0.15) is 0 Å². The van der Waals surface area contributed by atoms with Gasteiger partial charge in [-0.25, -0.2) is 4.98 Å². The van der Waals surface area contributed by atoms with Gasteiger partial charge in [0.05, 0.1) is 23.4 Å². The van der Waals surface area contributed by atoms with Gasteiger partial charge in [-0.3, -0.25) is 4.79 Å². The maximum Gasteiger partial charge on any atom is 0.259 e. The van der Waals surface area contributed by atoms with E-state index in [4.69, 9.17) is 20.2 Å². The van der Waals surface area contributed by atoms with E-state index in [-0.39, 0.29) is 5.56 Å². The fraction of sp³-hybridized carbons (Fsp3) is 0.280. The largest absolute Gasteiger partial charge is 0.486 e. The van der Waals surface area contributed by atoms with Crippen LogP contribution in [0.1, 0.15) is 23.1 Å². The maximum atomic E-state index is 13.3. The first-order chi connectivity index (χ1) is 15.1. The molecule has 4 aromatic rings. The molecule has 6 nitrogen and oxygen atoms in total. The van der Waals surface area contributed by atoms with Crippen LogP contribution in [0.2, 0.25) is 0 Å². The lowest BCUT2D eigenvalue weighted by Gasteiger charge is -2.20. The zero-order chi connectivity index (χ0) is 21.1. The molecule has 6 rings (SSSR count). The SMILES string of the molecule is Cc1ccc2cc3n(c(=O)c2c1)Cc1c-3nc2cc3c(cc2c1CCCN)OCCO3. The van der Waals surface area contributed by atoms with Crippen LogP contribution in [0.4, 0.5) is 0 Å². The van der Waals surface area contributed by atoms with Crippen molar-refractivity contribution < 1.29 is 9.47 Å². The first kappa shape index (κ1) is 18.4. The van der Waals surface area contributed by atoms with Gasteiger partial charge in [0.1, 0.15) is 13.2 Å². The summed E-state index contributed by atoms with van der Waals surface area (Å²) in [4.78, 5) is 18.4. The number of pyridine rings is 2. The van der Waals surface area contributed by atoms with Gasteiger partial charge in [-0.15, -0.1) is 0 Å². The Morgan fingerprint density at radius 2 is 1.87 bits per heavy atom. The molecule has 2 N–H and O–H groups in total. The molecule has 0 saturated heterocycles. The Hall–Kier alpha value is -3.38. The third-order valence-electron chi connectivity index (χ3n) is 6.33. The number of nitrogens with two attached hydrogens (primary N) is 1. The minimum atomic E-state index is 0.0361. The van der Waals surface area contributed by atoms with Crippen molar-refractivity contribution in [2.45, 2.75) is 26.3 Å². The van der Waals surface area contributed by atoms with Gasteiger partial charge >= 0.3 is 0 Å². The van der Waals surface area contributed by atoms with E-state index in [2.05, 4.69) is 6.07 Å². The third-order valence-corrected chi connectivity index (χ3v) is 6.33. The molecule has 0 atom stereocenters. The maximum absolute atomic E-state index is 13.3. The molecule has 2 aromatic heterocycles. The quantitative estimate of drug-likeness (QED) is 0.489. The number of hydrogen-bond acceptors (Lipinski definition) is 5. The Labute approximate surface area is 179 Å². The summed E-state index contributed by atoms with van der Waals surface area (Å²) in [6, 6.07) is 12.1. The van der Waals surface area contributed by atoms with Crippen LogP contribution in [0.15, 0.2) is 41.2 Å². The molecule has 0 bridgehead atoms. The Balaban J connectivity index is 1.64. The molecule has 2 aliphatic heterocycles. The van der Waals surface area contributed by atoms with E-state index in [1.165, 1.54) is 5.56 Å². The van der Waals surface area contributed by atoms with Crippen molar-refractivity contribution >= 4 is 21.7 Å². The molecule has 0 aliphatic carbocycles. The molecule has 0 spiro atoms. The number of benzene rings is 2. The zero-order valence-corrected chi connectivity index (χ0v) is 17.4. The van der Waals surface area contributed by atoms with E-state index < -0.39 is 0 Å². The van der Waals surface area contributed by atoms with Gasteiger partial charge in [0.2, 0.25) is 0 Å². The molecule has 4 heterocycles. The lowest BCUT2D eigenvalue weighted by Crippen LogP contribution is -2.19. The van der Waals surface area contributed by atoms with Crippen LogP contribution in [-0.2, 0) is 13.0 Å². The predicted molar refractivity (Wildman–Crippen MR) is 121 cm³/mol. The second kappa shape index (κ2) is 6.82. The molecule has 0 amide bonds. The Bertz CT molecular complexity index is 1440. The van der Waals surface area contributed by atoms with Crippen LogP contribution < -0.4 is 20.8 Å². The van der Waals surface area contributed by atoms with E-state index in [1.807, 2.05) is 41.8 Å². The molecule has 31 heavy (non-hydrogen) atoms. The minimum Gasteiger partial charge on any atom is -0.486 e. The van der Waals surface area contributed by atoms with Gasteiger partial charge in [0, 0.05) is 22.4 Å². The molecule has 0 saturated carbocycles. The standard InChI is InChI=1S/C25H23N3O3/c1-14-4-5-15-10-21-24-19(13-28(21)25(29)17(15)9-14)16(3-2-6-26)18-11-22-23(12-20(18)27-24)31-8-7-30-22/h4-5,9-12H,2-3,6-8,13,26H2,1H3. The van der Waals surface area contributed by atoms with Gasteiger partial charge < -0.3 is 19.8 Å². The second-order valence-electron chi connectivity index (χ2n) is 8.33. The molecule has 6 heteroatoms. The van der Waals surface area contributed by atoms with Gasteiger partial charge in [0.15, 0.2) is 11.5 Å². The van der Waals surface area contributed by atoms with Gasteiger partial charge in [0.25, 0.3) is 5.56 Å². The zero-order valence-electron chi connectivity index (χ0n) is 17.4. The first-order valence-electron chi connectivity index (χ1n) is 10.7. The monoisotopic (exact) mass is 413 g/mol. The Morgan fingerprint density at radius 1 is 1.06 bits per heavy atom. The highest BCUT2D eigenvalue weighted by atomic mass is 16.6. The summed E-state index contributed by atoms with van der Waals surface area (Å²) in [7, 11) is 0. The summed E-state index contributed by atoms with van der Waals surface area (Å²) in [5.74, 6) is 1.48. The first-order valence-corrected chi connectivity index (χ1v) is 10.7. The van der Waals surface area contributed by atoms with Crippen LogP contribution in [0, 0.1) is 6.92 Å². The second-order valence-corrected chi connectivity index (χ2v) is 8.33. The predicted octanol–water partition coefficient (Wildman–Crippen LogP) is 3.55. The van der Waals surface area contributed by atoms with Crippen LogP contribution in [0.3, 0.4) is 0 Å². The molecule has 0 radical (unpaired) electrons. The van der Waals surface area contributed by atoms with E-state index in [1.54, 1.807) is 0 Å². The van der Waals surface area contributed by atoms with E-state index in [0.717, 1.165) is 68.5 Å². The summed E-state index contributed by atoms with van der Waals surface area (Å²) < 4.78 is 13.5. The van der Waals surface area contributed by atoms with Crippen molar-refractivity contribution in [3.8, 4) is 22.9 Å². The summed E-state index contributed by atoms with van der Waals surface area (Å²) in [6.45, 7) is 4.23. The number of rotatable bonds is 3. The highest BCUT2D eigenvalue weighted by Crippen LogP contribution is 2.41.